The van der Waals surface area contributed by atoms with Gasteiger partial charge in [0, 0.05) is 30.0 Å². The Balaban J connectivity index is 1.29. The molecule has 3 aromatic rings. The summed E-state index contributed by atoms with van der Waals surface area (Å²) in [7, 11) is -3.65. The molecule has 1 fully saturated rings. The van der Waals surface area contributed by atoms with Gasteiger partial charge in [0.2, 0.25) is 15.9 Å². The Morgan fingerprint density at radius 2 is 1.73 bits per heavy atom. The number of nitrogens with one attached hydrogen (secondary N) is 2. The van der Waals surface area contributed by atoms with Crippen LogP contribution in [0.3, 0.4) is 0 Å². The molecule has 0 aliphatic heterocycles. The van der Waals surface area contributed by atoms with Gasteiger partial charge in [0.1, 0.15) is 5.82 Å². The predicted molar refractivity (Wildman–Crippen MR) is 123 cm³/mol. The van der Waals surface area contributed by atoms with Gasteiger partial charge in [-0.3, -0.25) is 4.79 Å². The van der Waals surface area contributed by atoms with Gasteiger partial charge in [-0.1, -0.05) is 12.1 Å². The van der Waals surface area contributed by atoms with Crippen LogP contribution in [0.4, 0.5) is 4.39 Å². The maximum absolute atomic E-state index is 13.1. The van der Waals surface area contributed by atoms with E-state index in [9.17, 15) is 17.6 Å². The lowest BCUT2D eigenvalue weighted by atomic mass is 9.85. The standard InChI is InChI=1S/C24H27FN4O3S/c1-17(18-2-6-20(25)7-3-18)27-24(30)19-4-8-21(9-5-19)28-33(31,32)23-12-10-22(11-13-23)29-15-14-26-16-29/h2-3,6-7,10-17,19,21,28H,4-5,8-9H2,1H3,(H,27,30)/t17-,19-,21-/m1/s1. The number of carbonyl (C=O) groups excluding carboxylic acids is 1. The smallest absolute Gasteiger partial charge is 0.240 e. The molecule has 1 aromatic heterocycles. The van der Waals surface area contributed by atoms with Crippen LogP contribution in [0.1, 0.15) is 44.2 Å². The Morgan fingerprint density at radius 1 is 1.06 bits per heavy atom. The van der Waals surface area contributed by atoms with E-state index < -0.39 is 10.0 Å². The summed E-state index contributed by atoms with van der Waals surface area (Å²) in [5.41, 5.74) is 1.66. The molecule has 7 nitrogen and oxygen atoms in total. The first-order chi connectivity index (χ1) is 15.8. The number of aromatic nitrogens is 2. The van der Waals surface area contributed by atoms with Gasteiger partial charge < -0.3 is 9.88 Å². The quantitative estimate of drug-likeness (QED) is 0.550. The highest BCUT2D eigenvalue weighted by atomic mass is 32.2. The second-order valence-electron chi connectivity index (χ2n) is 8.42. The molecule has 174 valence electrons. The maximum Gasteiger partial charge on any atom is 0.240 e. The van der Waals surface area contributed by atoms with Crippen LogP contribution in [-0.4, -0.2) is 29.9 Å². The lowest BCUT2D eigenvalue weighted by molar-refractivity contribution is -0.126. The number of halogens is 1. The lowest BCUT2D eigenvalue weighted by Gasteiger charge is -2.29. The summed E-state index contributed by atoms with van der Waals surface area (Å²) in [6.45, 7) is 1.86. The molecule has 9 heteroatoms. The molecule has 1 aliphatic rings. The Bertz CT molecular complexity index is 1170. The highest BCUT2D eigenvalue weighted by molar-refractivity contribution is 7.89. The van der Waals surface area contributed by atoms with Crippen LogP contribution in [-0.2, 0) is 14.8 Å². The zero-order chi connectivity index (χ0) is 23.4. The van der Waals surface area contributed by atoms with E-state index in [2.05, 4.69) is 15.0 Å². The number of amides is 1. The minimum atomic E-state index is -3.65. The van der Waals surface area contributed by atoms with Crippen molar-refractivity contribution in [3.63, 3.8) is 0 Å². The van der Waals surface area contributed by atoms with E-state index in [0.29, 0.717) is 25.7 Å². The molecule has 1 amide bonds. The number of imidazole rings is 1. The molecule has 2 aromatic carbocycles. The van der Waals surface area contributed by atoms with Crippen molar-refractivity contribution in [3.8, 4) is 5.69 Å². The van der Waals surface area contributed by atoms with Gasteiger partial charge in [-0.2, -0.15) is 0 Å². The fourth-order valence-electron chi connectivity index (χ4n) is 4.14. The Kier molecular flexibility index (Phi) is 6.90. The topological polar surface area (TPSA) is 93.1 Å². The Hall–Kier alpha value is -3.04. The Morgan fingerprint density at radius 3 is 2.33 bits per heavy atom. The van der Waals surface area contributed by atoms with Crippen LogP contribution < -0.4 is 10.0 Å². The number of hydrogen-bond donors (Lipinski definition) is 2. The van der Waals surface area contributed by atoms with Crippen LogP contribution in [0, 0.1) is 11.7 Å². The van der Waals surface area contributed by atoms with Gasteiger partial charge in [-0.15, -0.1) is 0 Å². The Labute approximate surface area is 193 Å². The van der Waals surface area contributed by atoms with Crippen molar-refractivity contribution in [2.24, 2.45) is 5.92 Å². The summed E-state index contributed by atoms with van der Waals surface area (Å²) in [5.74, 6) is -0.529. The first-order valence-corrected chi connectivity index (χ1v) is 12.5. The van der Waals surface area contributed by atoms with Crippen LogP contribution in [0.5, 0.6) is 0 Å². The average Bonchev–Trinajstić information content (AvgIpc) is 3.35. The molecule has 1 heterocycles. The predicted octanol–water partition coefficient (Wildman–Crippen LogP) is 3.73. The summed E-state index contributed by atoms with van der Waals surface area (Å²) in [6, 6.07) is 12.3. The molecule has 4 rings (SSSR count). The summed E-state index contributed by atoms with van der Waals surface area (Å²) < 4.78 is 43.3. The van der Waals surface area contributed by atoms with Crippen LogP contribution in [0.15, 0.2) is 72.1 Å². The van der Waals surface area contributed by atoms with Crippen molar-refractivity contribution < 1.29 is 17.6 Å². The fourth-order valence-corrected chi connectivity index (χ4v) is 5.44. The number of sulfonamides is 1. The first kappa shape index (κ1) is 23.1. The monoisotopic (exact) mass is 470 g/mol. The number of nitrogens with zero attached hydrogens (tertiary/aromatic N) is 2. The normalized spacial score (nSPS) is 19.7. The molecule has 2 N–H and O–H groups in total. The highest BCUT2D eigenvalue weighted by Gasteiger charge is 2.29. The molecular weight excluding hydrogens is 443 g/mol. The third-order valence-corrected chi connectivity index (χ3v) is 7.63. The van der Waals surface area contributed by atoms with Crippen molar-refractivity contribution >= 4 is 15.9 Å². The SMILES string of the molecule is C[C@@H](NC(=O)[C@H]1CC[C@H](NS(=O)(=O)c2ccc(-n3ccnc3)cc2)CC1)c1ccc(F)cc1. The van der Waals surface area contributed by atoms with Gasteiger partial charge in [-0.05, 0) is 74.6 Å². The van der Waals surface area contributed by atoms with Gasteiger partial charge in [-0.25, -0.2) is 22.5 Å². The van der Waals surface area contributed by atoms with Crippen LogP contribution in [0.25, 0.3) is 5.69 Å². The third-order valence-electron chi connectivity index (χ3n) is 6.10. The van der Waals surface area contributed by atoms with Crippen molar-refractivity contribution in [1.29, 1.82) is 0 Å². The third kappa shape index (κ3) is 5.66. The summed E-state index contributed by atoms with van der Waals surface area (Å²) in [5, 5.41) is 2.98. The van der Waals surface area contributed by atoms with E-state index >= 15 is 0 Å². The zero-order valence-electron chi connectivity index (χ0n) is 18.3. The van der Waals surface area contributed by atoms with E-state index in [0.717, 1.165) is 11.3 Å². The second-order valence-corrected chi connectivity index (χ2v) is 10.1. The molecule has 1 saturated carbocycles. The van der Waals surface area contributed by atoms with Gasteiger partial charge >= 0.3 is 0 Å². The molecule has 1 aliphatic carbocycles. The van der Waals surface area contributed by atoms with Gasteiger partial charge in [0.25, 0.3) is 0 Å². The van der Waals surface area contributed by atoms with E-state index in [1.165, 1.54) is 12.1 Å². The maximum atomic E-state index is 13.1. The molecule has 33 heavy (non-hydrogen) atoms. The van der Waals surface area contributed by atoms with Crippen LogP contribution in [0.2, 0.25) is 0 Å². The summed E-state index contributed by atoms with van der Waals surface area (Å²) in [6.07, 6.45) is 7.49. The molecule has 1 atom stereocenters. The van der Waals surface area contributed by atoms with Crippen molar-refractivity contribution in [2.45, 2.75) is 49.6 Å². The first-order valence-electron chi connectivity index (χ1n) is 11.0. The van der Waals surface area contributed by atoms with E-state index in [1.54, 1.807) is 59.7 Å². The number of rotatable bonds is 7. The van der Waals surface area contributed by atoms with Gasteiger partial charge in [0.05, 0.1) is 17.3 Å². The highest BCUT2D eigenvalue weighted by Crippen LogP contribution is 2.27. The zero-order valence-corrected chi connectivity index (χ0v) is 19.1. The van der Waals surface area contributed by atoms with Gasteiger partial charge in [0.15, 0.2) is 0 Å². The van der Waals surface area contributed by atoms with E-state index in [-0.39, 0.29) is 34.6 Å². The molecule has 0 bridgehead atoms. The molecule has 0 spiro atoms. The number of benzene rings is 2. The van der Waals surface area contributed by atoms with Crippen molar-refractivity contribution in [1.82, 2.24) is 19.6 Å². The number of hydrogen-bond acceptors (Lipinski definition) is 4. The minimum absolute atomic E-state index is 0.0526. The van der Waals surface area contributed by atoms with Crippen molar-refractivity contribution in [3.05, 3.63) is 78.6 Å². The van der Waals surface area contributed by atoms with E-state index in [1.807, 2.05) is 6.92 Å². The molecule has 0 radical (unpaired) electrons. The molecule has 0 unspecified atom stereocenters. The average molecular weight is 471 g/mol. The fraction of sp³-hybridized carbons (Fsp3) is 0.333. The molecular formula is C24H27FN4O3S. The lowest BCUT2D eigenvalue weighted by Crippen LogP contribution is -2.41. The second kappa shape index (κ2) is 9.84. The van der Waals surface area contributed by atoms with Crippen LogP contribution >= 0.6 is 0 Å². The van der Waals surface area contributed by atoms with E-state index in [4.69, 9.17) is 0 Å². The minimum Gasteiger partial charge on any atom is -0.349 e. The summed E-state index contributed by atoms with van der Waals surface area (Å²) in [4.78, 5) is 16.9. The summed E-state index contributed by atoms with van der Waals surface area (Å²) >= 11 is 0. The largest absolute Gasteiger partial charge is 0.349 e. The molecule has 0 saturated heterocycles. The van der Waals surface area contributed by atoms with Crippen molar-refractivity contribution in [2.75, 3.05) is 0 Å². The number of carbonyl (C=O) groups is 1.